The highest BCUT2D eigenvalue weighted by Crippen LogP contribution is 2.32. The third-order valence-electron chi connectivity index (χ3n) is 3.35. The molecule has 3 nitrogen and oxygen atoms in total. The molecule has 1 amide bonds. The van der Waals surface area contributed by atoms with E-state index in [1.54, 1.807) is 12.1 Å². The van der Waals surface area contributed by atoms with Gasteiger partial charge >= 0.3 is 0 Å². The third-order valence-corrected chi connectivity index (χ3v) is 3.35. The van der Waals surface area contributed by atoms with E-state index in [2.05, 4.69) is 5.32 Å². The predicted octanol–water partition coefficient (Wildman–Crippen LogP) is 3.16. The first-order valence-electron chi connectivity index (χ1n) is 7.04. The molecule has 1 aromatic rings. The van der Waals surface area contributed by atoms with E-state index in [0.29, 0.717) is 6.42 Å². The van der Waals surface area contributed by atoms with Gasteiger partial charge in [0.1, 0.15) is 5.82 Å². The van der Waals surface area contributed by atoms with Gasteiger partial charge in [-0.1, -0.05) is 39.8 Å². The minimum Gasteiger partial charge on any atom is -0.349 e. The first-order valence-corrected chi connectivity index (χ1v) is 7.04. The van der Waals surface area contributed by atoms with E-state index < -0.39 is 0 Å². The van der Waals surface area contributed by atoms with E-state index in [-0.39, 0.29) is 29.2 Å². The largest absolute Gasteiger partial charge is 0.349 e. The van der Waals surface area contributed by atoms with Crippen molar-refractivity contribution < 1.29 is 9.18 Å². The highest BCUT2D eigenvalue weighted by atomic mass is 19.1. The summed E-state index contributed by atoms with van der Waals surface area (Å²) in [7, 11) is 0. The Labute approximate surface area is 120 Å². The smallest absolute Gasteiger partial charge is 0.222 e. The van der Waals surface area contributed by atoms with Crippen molar-refractivity contribution in [1.29, 1.82) is 0 Å². The van der Waals surface area contributed by atoms with Gasteiger partial charge in [0.05, 0.1) is 6.04 Å². The molecular weight excluding hydrogens is 255 g/mol. The van der Waals surface area contributed by atoms with Gasteiger partial charge in [-0.25, -0.2) is 4.39 Å². The van der Waals surface area contributed by atoms with E-state index in [1.807, 2.05) is 27.7 Å². The predicted molar refractivity (Wildman–Crippen MR) is 79.6 cm³/mol. The fourth-order valence-corrected chi connectivity index (χ4v) is 2.06. The molecule has 2 atom stereocenters. The molecular formula is C16H25FN2O. The van der Waals surface area contributed by atoms with Crippen LogP contribution in [0.1, 0.15) is 52.1 Å². The Morgan fingerprint density at radius 3 is 2.30 bits per heavy atom. The molecule has 0 aromatic heterocycles. The monoisotopic (exact) mass is 280 g/mol. The maximum absolute atomic E-state index is 13.0. The van der Waals surface area contributed by atoms with Gasteiger partial charge in [0.25, 0.3) is 0 Å². The lowest BCUT2D eigenvalue weighted by atomic mass is 9.82. The summed E-state index contributed by atoms with van der Waals surface area (Å²) >= 11 is 0. The number of hydrogen-bond donors (Lipinski definition) is 2. The van der Waals surface area contributed by atoms with Crippen LogP contribution >= 0.6 is 0 Å². The van der Waals surface area contributed by atoms with E-state index in [1.165, 1.54) is 12.1 Å². The van der Waals surface area contributed by atoms with Gasteiger partial charge in [-0.05, 0) is 29.5 Å². The van der Waals surface area contributed by atoms with Crippen LogP contribution in [0, 0.1) is 11.2 Å². The molecule has 0 aliphatic carbocycles. The molecule has 2 unspecified atom stereocenters. The average Bonchev–Trinajstić information content (AvgIpc) is 2.36. The number of benzene rings is 1. The number of hydrogen-bond acceptors (Lipinski definition) is 2. The normalized spacial score (nSPS) is 14.7. The molecule has 0 spiro atoms. The van der Waals surface area contributed by atoms with Gasteiger partial charge in [0, 0.05) is 12.5 Å². The van der Waals surface area contributed by atoms with Crippen molar-refractivity contribution in [3.05, 3.63) is 35.6 Å². The lowest BCUT2D eigenvalue weighted by Gasteiger charge is -2.32. The van der Waals surface area contributed by atoms with E-state index >= 15 is 0 Å². The zero-order chi connectivity index (χ0) is 15.3. The molecule has 20 heavy (non-hydrogen) atoms. The van der Waals surface area contributed by atoms with Gasteiger partial charge in [-0.2, -0.15) is 0 Å². The highest BCUT2D eigenvalue weighted by molar-refractivity contribution is 5.77. The van der Waals surface area contributed by atoms with Crippen LogP contribution in [0.2, 0.25) is 0 Å². The number of amides is 1. The molecule has 0 fully saturated rings. The second-order valence-corrected chi connectivity index (χ2v) is 6.29. The Kier molecular flexibility index (Phi) is 5.69. The van der Waals surface area contributed by atoms with Crippen LogP contribution in [0.3, 0.4) is 0 Å². The Hall–Kier alpha value is -1.42. The van der Waals surface area contributed by atoms with Crippen molar-refractivity contribution in [2.75, 3.05) is 0 Å². The topological polar surface area (TPSA) is 55.1 Å². The van der Waals surface area contributed by atoms with Crippen LogP contribution in [-0.2, 0) is 4.79 Å². The molecule has 1 rings (SSSR count). The second kappa shape index (κ2) is 6.84. The first-order chi connectivity index (χ1) is 9.24. The van der Waals surface area contributed by atoms with Gasteiger partial charge in [0.2, 0.25) is 5.91 Å². The summed E-state index contributed by atoms with van der Waals surface area (Å²) in [6.07, 6.45) is 1.08. The number of nitrogens with two attached hydrogens (primary N) is 1. The molecule has 0 heterocycles. The van der Waals surface area contributed by atoms with Crippen LogP contribution in [0.4, 0.5) is 4.39 Å². The third kappa shape index (κ3) is 4.93. The standard InChI is InChI=1S/C16H25FN2O/c1-5-13(18)10-14(20)19-15(16(2,3)4)11-6-8-12(17)9-7-11/h6-9,13,15H,5,10,18H2,1-4H3,(H,19,20). The Bertz CT molecular complexity index is 437. The number of nitrogens with one attached hydrogen (secondary N) is 1. The average molecular weight is 280 g/mol. The maximum Gasteiger partial charge on any atom is 0.222 e. The van der Waals surface area contributed by atoms with Gasteiger partial charge in [-0.15, -0.1) is 0 Å². The van der Waals surface area contributed by atoms with Crippen molar-refractivity contribution in [1.82, 2.24) is 5.32 Å². The van der Waals surface area contributed by atoms with E-state index in [9.17, 15) is 9.18 Å². The molecule has 4 heteroatoms. The summed E-state index contributed by atoms with van der Waals surface area (Å²) in [6.45, 7) is 8.09. The summed E-state index contributed by atoms with van der Waals surface area (Å²) in [5.41, 5.74) is 6.54. The van der Waals surface area contributed by atoms with E-state index in [0.717, 1.165) is 12.0 Å². The molecule has 0 saturated carbocycles. The van der Waals surface area contributed by atoms with Crippen LogP contribution in [0.5, 0.6) is 0 Å². The molecule has 0 radical (unpaired) electrons. The zero-order valence-electron chi connectivity index (χ0n) is 12.7. The Morgan fingerprint density at radius 2 is 1.85 bits per heavy atom. The van der Waals surface area contributed by atoms with Crippen molar-refractivity contribution in [3.8, 4) is 0 Å². The zero-order valence-corrected chi connectivity index (χ0v) is 12.7. The number of carbonyl (C=O) groups is 1. The van der Waals surface area contributed by atoms with Gasteiger partial charge in [0.15, 0.2) is 0 Å². The van der Waals surface area contributed by atoms with Gasteiger partial charge in [-0.3, -0.25) is 4.79 Å². The van der Waals surface area contributed by atoms with Crippen molar-refractivity contribution >= 4 is 5.91 Å². The summed E-state index contributed by atoms with van der Waals surface area (Å²) < 4.78 is 13.0. The summed E-state index contributed by atoms with van der Waals surface area (Å²) in [4.78, 5) is 12.0. The highest BCUT2D eigenvalue weighted by Gasteiger charge is 2.28. The van der Waals surface area contributed by atoms with Crippen LogP contribution in [0.15, 0.2) is 24.3 Å². The minimum absolute atomic E-state index is 0.0661. The lowest BCUT2D eigenvalue weighted by Crippen LogP contribution is -2.39. The second-order valence-electron chi connectivity index (χ2n) is 6.29. The molecule has 0 aliphatic heterocycles. The first kappa shape index (κ1) is 16.6. The number of halogens is 1. The van der Waals surface area contributed by atoms with Crippen molar-refractivity contribution in [3.63, 3.8) is 0 Å². The summed E-state index contributed by atoms with van der Waals surface area (Å²) in [5, 5.41) is 3.02. The Balaban J connectivity index is 2.86. The summed E-state index contributed by atoms with van der Waals surface area (Å²) in [6, 6.07) is 5.97. The quantitative estimate of drug-likeness (QED) is 0.870. The molecule has 0 saturated heterocycles. The lowest BCUT2D eigenvalue weighted by molar-refractivity contribution is -0.123. The number of rotatable bonds is 5. The molecule has 3 N–H and O–H groups in total. The fraction of sp³-hybridized carbons (Fsp3) is 0.562. The van der Waals surface area contributed by atoms with Crippen LogP contribution < -0.4 is 11.1 Å². The van der Waals surface area contributed by atoms with E-state index in [4.69, 9.17) is 5.73 Å². The Morgan fingerprint density at radius 1 is 1.30 bits per heavy atom. The van der Waals surface area contributed by atoms with Crippen LogP contribution in [-0.4, -0.2) is 11.9 Å². The van der Waals surface area contributed by atoms with Crippen molar-refractivity contribution in [2.24, 2.45) is 11.1 Å². The van der Waals surface area contributed by atoms with Gasteiger partial charge < -0.3 is 11.1 Å². The molecule has 1 aromatic carbocycles. The fourth-order valence-electron chi connectivity index (χ4n) is 2.06. The molecule has 0 aliphatic rings. The number of carbonyl (C=O) groups excluding carboxylic acids is 1. The summed E-state index contributed by atoms with van der Waals surface area (Å²) in [5.74, 6) is -0.343. The SMILES string of the molecule is CCC(N)CC(=O)NC(c1ccc(F)cc1)C(C)(C)C. The maximum atomic E-state index is 13.0. The van der Waals surface area contributed by atoms with Crippen molar-refractivity contribution in [2.45, 2.75) is 52.6 Å². The molecule has 0 bridgehead atoms. The minimum atomic E-state index is -0.277. The van der Waals surface area contributed by atoms with Crippen LogP contribution in [0.25, 0.3) is 0 Å². The molecule has 112 valence electrons.